The molecule has 0 fully saturated rings. The summed E-state index contributed by atoms with van der Waals surface area (Å²) in [6.07, 6.45) is 6.75. The van der Waals surface area contributed by atoms with Crippen LogP contribution in [0.5, 0.6) is 0 Å². The largest absolute Gasteiger partial charge is 4.00 e. The molecule has 0 amide bonds. The Morgan fingerprint density at radius 2 is 0.634 bits per heavy atom. The Morgan fingerprint density at radius 1 is 0.415 bits per heavy atom. The molecule has 0 unspecified atom stereocenters. The van der Waals surface area contributed by atoms with Gasteiger partial charge in [-0.05, 0) is 73.0 Å². The van der Waals surface area contributed by atoms with E-state index in [0.717, 1.165) is 0 Å². The van der Waals surface area contributed by atoms with E-state index in [-0.39, 0.29) is 21.1 Å². The van der Waals surface area contributed by atoms with Crippen LogP contribution < -0.4 is 0 Å². The summed E-state index contributed by atoms with van der Waals surface area (Å²) in [5, 5.41) is 1.87. The smallest absolute Gasteiger partial charge is 0.762 e. The molecule has 6 aromatic rings. The molecule has 6 rings (SSSR count). The average molecular weight is 828 g/mol. The molecule has 0 spiro atoms. The second-order valence-electron chi connectivity index (χ2n) is 7.88. The predicted octanol–water partition coefficient (Wildman–Crippen LogP) is 5.20. The fourth-order valence-electron chi connectivity index (χ4n) is 3.68. The van der Waals surface area contributed by atoms with Crippen LogP contribution in [0.25, 0.3) is 23.3 Å². The van der Waals surface area contributed by atoms with E-state index >= 15 is 0 Å². The Labute approximate surface area is 282 Å². The van der Waals surface area contributed by atoms with Crippen molar-refractivity contribution in [3.8, 4) is 23.3 Å². The van der Waals surface area contributed by atoms with Gasteiger partial charge in [-0.3, -0.25) is 18.3 Å². The van der Waals surface area contributed by atoms with Crippen molar-refractivity contribution in [3.05, 3.63) is 107 Å². The Hall–Kier alpha value is -2.97. The zero-order valence-electron chi connectivity index (χ0n) is 20.6. The third kappa shape index (κ3) is 6.28. The number of pyridine rings is 4. The quantitative estimate of drug-likeness (QED) is 0.175. The van der Waals surface area contributed by atoms with Crippen LogP contribution in [0.4, 0.5) is 0 Å². The van der Waals surface area contributed by atoms with E-state index in [1.165, 1.54) is 0 Å². The SMILES string of the molecule is S=c1n(-c2ccccn2)c([S-])c([S-])n1-c1ccccn1.S=c1n(-c2ccccn2)c([S-])c([S-])n1-c1ccccn1.[Pt+4]. The standard InChI is InChI=1S/2C13H10N4S3.Pt/c2*18-11-12(19)17(10-6-2-4-8-15-10)13(20)16(11)9-5-1-3-7-14-9;/h2*1-8,18-19H;/q;;+4/p-4. The number of aromatic nitrogens is 8. The predicted molar refractivity (Wildman–Crippen MR) is 166 cm³/mol. The van der Waals surface area contributed by atoms with Crippen LogP contribution in [0.15, 0.2) is 118 Å². The van der Waals surface area contributed by atoms with Crippen molar-refractivity contribution in [1.29, 1.82) is 0 Å². The molecule has 0 aliphatic heterocycles. The topological polar surface area (TPSA) is 71.3 Å². The minimum absolute atomic E-state index is 0. The summed E-state index contributed by atoms with van der Waals surface area (Å²) in [6, 6.07) is 22.2. The van der Waals surface area contributed by atoms with Crippen LogP contribution in [-0.4, -0.2) is 38.2 Å². The molecule has 15 heteroatoms. The van der Waals surface area contributed by atoms with Crippen molar-refractivity contribution >= 4 is 75.0 Å². The first-order valence-corrected chi connectivity index (χ1v) is 13.9. The summed E-state index contributed by atoms with van der Waals surface area (Å²) in [6.45, 7) is 0. The zero-order chi connectivity index (χ0) is 28.2. The first kappa shape index (κ1) is 31.0. The van der Waals surface area contributed by atoms with Gasteiger partial charge >= 0.3 is 21.1 Å². The molecule has 8 nitrogen and oxygen atoms in total. The molecule has 0 N–H and O–H groups in total. The molecule has 0 aliphatic carbocycles. The Kier molecular flexibility index (Phi) is 10.4. The van der Waals surface area contributed by atoms with Gasteiger partial charge in [0, 0.05) is 24.8 Å². The van der Waals surface area contributed by atoms with E-state index in [1.54, 1.807) is 43.1 Å². The van der Waals surface area contributed by atoms with E-state index in [0.29, 0.717) is 52.9 Å². The Morgan fingerprint density at radius 3 is 0.805 bits per heavy atom. The fourth-order valence-corrected chi connectivity index (χ4v) is 5.74. The van der Waals surface area contributed by atoms with Gasteiger partial charge in [0.05, 0.1) is 0 Å². The van der Waals surface area contributed by atoms with Crippen molar-refractivity contribution in [1.82, 2.24) is 38.2 Å². The van der Waals surface area contributed by atoms with Gasteiger partial charge in [0.2, 0.25) is 0 Å². The molecule has 41 heavy (non-hydrogen) atoms. The van der Waals surface area contributed by atoms with Crippen LogP contribution in [0.3, 0.4) is 0 Å². The van der Waals surface area contributed by atoms with Gasteiger partial charge < -0.3 is 50.5 Å². The Bertz CT molecular complexity index is 1600. The third-order valence-corrected chi connectivity index (χ3v) is 7.95. The first-order chi connectivity index (χ1) is 19.4. The minimum atomic E-state index is 0. The van der Waals surface area contributed by atoms with Crippen molar-refractivity contribution in [2.75, 3.05) is 0 Å². The maximum Gasteiger partial charge on any atom is 4.00 e. The molecule has 0 aliphatic rings. The minimum Gasteiger partial charge on any atom is -0.762 e. The van der Waals surface area contributed by atoms with E-state index < -0.39 is 0 Å². The fraction of sp³-hybridized carbons (Fsp3) is 0. The third-order valence-electron chi connectivity index (χ3n) is 5.46. The first-order valence-electron chi connectivity index (χ1n) is 11.5. The van der Waals surface area contributed by atoms with Crippen LogP contribution in [0, 0.1) is 9.54 Å². The molecule has 0 aromatic carbocycles. The van der Waals surface area contributed by atoms with E-state index in [4.69, 9.17) is 75.0 Å². The van der Waals surface area contributed by atoms with E-state index in [2.05, 4.69) is 19.9 Å². The molecule has 0 bridgehead atoms. The summed E-state index contributed by atoms with van der Waals surface area (Å²) >= 11 is 32.5. The number of rotatable bonds is 4. The van der Waals surface area contributed by atoms with E-state index in [1.807, 2.05) is 72.8 Å². The van der Waals surface area contributed by atoms with Gasteiger partial charge in [-0.25, -0.2) is 19.9 Å². The van der Waals surface area contributed by atoms with E-state index in [9.17, 15) is 0 Å². The van der Waals surface area contributed by atoms with Gasteiger partial charge in [0.15, 0.2) is 9.54 Å². The van der Waals surface area contributed by atoms with Gasteiger partial charge in [0.1, 0.15) is 23.3 Å². The molecule has 6 aromatic heterocycles. The van der Waals surface area contributed by atoms with Crippen LogP contribution in [-0.2, 0) is 71.6 Å². The number of nitrogens with zero attached hydrogens (tertiary/aromatic N) is 8. The van der Waals surface area contributed by atoms with Gasteiger partial charge in [-0.2, -0.15) is 0 Å². The molecule has 0 atom stereocenters. The summed E-state index contributed by atoms with van der Waals surface area (Å²) < 4.78 is 7.67. The van der Waals surface area contributed by atoms with Crippen molar-refractivity contribution in [2.45, 2.75) is 20.1 Å². The number of imidazole rings is 2. The van der Waals surface area contributed by atoms with Gasteiger partial charge in [0.25, 0.3) is 0 Å². The normalized spacial score (nSPS) is 10.3. The molecule has 0 radical (unpaired) electrons. The van der Waals surface area contributed by atoms with Crippen molar-refractivity contribution in [3.63, 3.8) is 0 Å². The monoisotopic (exact) mass is 827 g/mol. The number of hydrogen-bond acceptors (Lipinski definition) is 10. The van der Waals surface area contributed by atoms with Crippen molar-refractivity contribution in [2.24, 2.45) is 0 Å². The second kappa shape index (κ2) is 13.8. The van der Waals surface area contributed by atoms with Crippen LogP contribution in [0.1, 0.15) is 0 Å². The molecular weight excluding hydrogens is 812 g/mol. The summed E-state index contributed by atoms with van der Waals surface area (Å²) in [7, 11) is 0. The molecule has 6 heterocycles. The maximum absolute atomic E-state index is 5.48. The maximum atomic E-state index is 5.48. The summed E-state index contributed by atoms with van der Waals surface area (Å²) in [5.41, 5.74) is 0. The van der Waals surface area contributed by atoms with Gasteiger partial charge in [-0.15, -0.1) is 20.1 Å². The Balaban J connectivity index is 0.000000184. The zero-order valence-corrected chi connectivity index (χ0v) is 27.8. The molecule has 0 saturated carbocycles. The molecule has 206 valence electrons. The summed E-state index contributed by atoms with van der Waals surface area (Å²) in [4.78, 5) is 17.1. The summed E-state index contributed by atoms with van der Waals surface area (Å²) in [5.74, 6) is 2.62. The molecular formula is C26H16N8PtS6. The van der Waals surface area contributed by atoms with Gasteiger partial charge in [-0.1, -0.05) is 24.3 Å². The number of hydrogen-bond donors (Lipinski definition) is 0. The second-order valence-corrected chi connectivity index (χ2v) is 10.2. The average Bonchev–Trinajstić information content (AvgIpc) is 3.36. The van der Waals surface area contributed by atoms with Crippen molar-refractivity contribution < 1.29 is 21.1 Å². The van der Waals surface area contributed by atoms with Crippen LogP contribution >= 0.6 is 24.4 Å². The molecule has 0 saturated heterocycles. The van der Waals surface area contributed by atoms with Crippen LogP contribution in [0.2, 0.25) is 0 Å².